The summed E-state index contributed by atoms with van der Waals surface area (Å²) in [7, 11) is 0. The highest BCUT2D eigenvalue weighted by Gasteiger charge is 2.19. The molecule has 0 amide bonds. The Hall–Kier alpha value is -1.71. The Morgan fingerprint density at radius 2 is 1.74 bits per heavy atom. The third-order valence-corrected chi connectivity index (χ3v) is 3.25. The van der Waals surface area contributed by atoms with Gasteiger partial charge in [0.05, 0.1) is 6.10 Å². The molecule has 0 saturated carbocycles. The van der Waals surface area contributed by atoms with Gasteiger partial charge in [-0.15, -0.1) is 0 Å². The fourth-order valence-electron chi connectivity index (χ4n) is 2.07. The van der Waals surface area contributed by atoms with Gasteiger partial charge in [-0.3, -0.25) is 0 Å². The van der Waals surface area contributed by atoms with Crippen LogP contribution >= 0.6 is 0 Å². The van der Waals surface area contributed by atoms with E-state index in [1.165, 1.54) is 12.1 Å². The summed E-state index contributed by atoms with van der Waals surface area (Å²) in [5.41, 5.74) is 2.27. The highest BCUT2D eigenvalue weighted by Crippen LogP contribution is 2.21. The predicted molar refractivity (Wildman–Crippen MR) is 72.2 cm³/mol. The van der Waals surface area contributed by atoms with Crippen LogP contribution in [0, 0.1) is 12.7 Å². The monoisotopic (exact) mass is 260 g/mol. The van der Waals surface area contributed by atoms with Crippen LogP contribution in [0.2, 0.25) is 0 Å². The number of hydrogen-bond acceptors (Lipinski definition) is 2. The van der Waals surface area contributed by atoms with Crippen LogP contribution in [0.1, 0.15) is 22.8 Å². The van der Waals surface area contributed by atoms with Crippen LogP contribution in [0.4, 0.5) is 4.39 Å². The summed E-state index contributed by atoms with van der Waals surface area (Å²) in [6, 6.07) is 13.4. The maximum Gasteiger partial charge on any atom is 0.123 e. The van der Waals surface area contributed by atoms with E-state index in [1.807, 2.05) is 13.0 Å². The standard InChI is InChI=1S/C16H17FO2/c1-11-7-8-14(17)9-13(11)10-15(18)16(19)12-5-3-2-4-6-12/h2-9,15-16,18-19H,10H2,1H3. The molecule has 0 heterocycles. The zero-order valence-electron chi connectivity index (χ0n) is 10.8. The topological polar surface area (TPSA) is 40.5 Å². The summed E-state index contributed by atoms with van der Waals surface area (Å²) in [5, 5.41) is 20.1. The average Bonchev–Trinajstić information content (AvgIpc) is 2.43. The molecule has 100 valence electrons. The van der Waals surface area contributed by atoms with Gasteiger partial charge in [0.1, 0.15) is 11.9 Å². The van der Waals surface area contributed by atoms with Crippen molar-refractivity contribution >= 4 is 0 Å². The van der Waals surface area contributed by atoms with E-state index in [0.29, 0.717) is 11.1 Å². The van der Waals surface area contributed by atoms with Gasteiger partial charge in [-0.25, -0.2) is 4.39 Å². The van der Waals surface area contributed by atoms with E-state index in [0.717, 1.165) is 5.56 Å². The molecule has 2 aromatic carbocycles. The second kappa shape index (κ2) is 5.95. The zero-order chi connectivity index (χ0) is 13.8. The minimum atomic E-state index is -0.969. The Kier molecular flexibility index (Phi) is 4.30. The first kappa shape index (κ1) is 13.7. The van der Waals surface area contributed by atoms with Crippen molar-refractivity contribution in [1.29, 1.82) is 0 Å². The van der Waals surface area contributed by atoms with Crippen LogP contribution in [-0.2, 0) is 6.42 Å². The van der Waals surface area contributed by atoms with Crippen molar-refractivity contribution in [3.05, 3.63) is 71.0 Å². The van der Waals surface area contributed by atoms with Gasteiger partial charge < -0.3 is 10.2 Å². The molecule has 0 aliphatic carbocycles. The van der Waals surface area contributed by atoms with Crippen LogP contribution in [0.15, 0.2) is 48.5 Å². The maximum atomic E-state index is 13.2. The van der Waals surface area contributed by atoms with Crippen molar-refractivity contribution in [2.45, 2.75) is 25.6 Å². The molecule has 0 aromatic heterocycles. The molecule has 0 bridgehead atoms. The van der Waals surface area contributed by atoms with E-state index in [2.05, 4.69) is 0 Å². The van der Waals surface area contributed by atoms with Gasteiger partial charge in [0.25, 0.3) is 0 Å². The van der Waals surface area contributed by atoms with Crippen molar-refractivity contribution in [1.82, 2.24) is 0 Å². The van der Waals surface area contributed by atoms with Crippen molar-refractivity contribution in [2.24, 2.45) is 0 Å². The van der Waals surface area contributed by atoms with Crippen molar-refractivity contribution in [2.75, 3.05) is 0 Å². The van der Waals surface area contributed by atoms with Gasteiger partial charge in [0.15, 0.2) is 0 Å². The Morgan fingerprint density at radius 1 is 1.05 bits per heavy atom. The van der Waals surface area contributed by atoms with Gasteiger partial charge in [-0.05, 0) is 35.7 Å². The largest absolute Gasteiger partial charge is 0.390 e. The molecule has 2 unspecified atom stereocenters. The molecule has 2 N–H and O–H groups in total. The number of rotatable bonds is 4. The summed E-state index contributed by atoms with van der Waals surface area (Å²) in [4.78, 5) is 0. The summed E-state index contributed by atoms with van der Waals surface area (Å²) >= 11 is 0. The third-order valence-electron chi connectivity index (χ3n) is 3.25. The van der Waals surface area contributed by atoms with E-state index in [1.54, 1.807) is 30.3 Å². The number of aryl methyl sites for hydroxylation is 1. The number of benzene rings is 2. The number of aliphatic hydroxyl groups excluding tert-OH is 2. The van der Waals surface area contributed by atoms with Gasteiger partial charge in [-0.1, -0.05) is 36.4 Å². The lowest BCUT2D eigenvalue weighted by Crippen LogP contribution is -2.21. The molecule has 2 rings (SSSR count). The molecular formula is C16H17FO2. The first-order valence-corrected chi connectivity index (χ1v) is 6.24. The fraction of sp³-hybridized carbons (Fsp3) is 0.250. The van der Waals surface area contributed by atoms with Crippen molar-refractivity contribution < 1.29 is 14.6 Å². The molecule has 3 heteroatoms. The van der Waals surface area contributed by atoms with Crippen molar-refractivity contribution in [3.8, 4) is 0 Å². The van der Waals surface area contributed by atoms with Gasteiger partial charge >= 0.3 is 0 Å². The van der Waals surface area contributed by atoms with Crippen LogP contribution < -0.4 is 0 Å². The smallest absolute Gasteiger partial charge is 0.123 e. The number of aliphatic hydroxyl groups is 2. The summed E-state index contributed by atoms with van der Waals surface area (Å²) < 4.78 is 13.2. The Balaban J connectivity index is 2.12. The van der Waals surface area contributed by atoms with Crippen LogP contribution in [0.25, 0.3) is 0 Å². The van der Waals surface area contributed by atoms with Crippen LogP contribution in [0.3, 0.4) is 0 Å². The van der Waals surface area contributed by atoms with Crippen LogP contribution in [0.5, 0.6) is 0 Å². The number of halogens is 1. The fourth-order valence-corrected chi connectivity index (χ4v) is 2.07. The van der Waals surface area contributed by atoms with E-state index >= 15 is 0 Å². The minimum Gasteiger partial charge on any atom is -0.390 e. The quantitative estimate of drug-likeness (QED) is 0.887. The molecule has 0 aliphatic heterocycles. The highest BCUT2D eigenvalue weighted by molar-refractivity contribution is 5.28. The van der Waals surface area contributed by atoms with E-state index in [-0.39, 0.29) is 12.2 Å². The minimum absolute atomic E-state index is 0.222. The van der Waals surface area contributed by atoms with E-state index in [4.69, 9.17) is 0 Å². The molecule has 2 atom stereocenters. The lowest BCUT2D eigenvalue weighted by atomic mass is 9.96. The van der Waals surface area contributed by atoms with Crippen LogP contribution in [-0.4, -0.2) is 16.3 Å². The van der Waals surface area contributed by atoms with E-state index < -0.39 is 12.2 Å². The van der Waals surface area contributed by atoms with Gasteiger partial charge in [0.2, 0.25) is 0 Å². The summed E-state index contributed by atoms with van der Waals surface area (Å²) in [5.74, 6) is -0.331. The van der Waals surface area contributed by atoms with Crippen molar-refractivity contribution in [3.63, 3.8) is 0 Å². The Labute approximate surface area is 112 Å². The average molecular weight is 260 g/mol. The molecule has 0 saturated heterocycles. The lowest BCUT2D eigenvalue weighted by Gasteiger charge is -2.19. The Morgan fingerprint density at radius 3 is 2.42 bits per heavy atom. The third kappa shape index (κ3) is 3.40. The molecular weight excluding hydrogens is 243 g/mol. The summed E-state index contributed by atoms with van der Waals surface area (Å²) in [6.07, 6.45) is -1.70. The highest BCUT2D eigenvalue weighted by atomic mass is 19.1. The molecule has 2 aromatic rings. The van der Waals surface area contributed by atoms with Gasteiger partial charge in [-0.2, -0.15) is 0 Å². The number of hydrogen-bond donors (Lipinski definition) is 2. The first-order chi connectivity index (χ1) is 9.08. The molecule has 0 spiro atoms. The zero-order valence-corrected chi connectivity index (χ0v) is 10.8. The molecule has 2 nitrogen and oxygen atoms in total. The van der Waals surface area contributed by atoms with Gasteiger partial charge in [0, 0.05) is 6.42 Å². The normalized spacial score (nSPS) is 14.1. The Bertz CT molecular complexity index is 540. The van der Waals surface area contributed by atoms with E-state index in [9.17, 15) is 14.6 Å². The molecule has 19 heavy (non-hydrogen) atoms. The SMILES string of the molecule is Cc1ccc(F)cc1CC(O)C(O)c1ccccc1. The molecule has 0 aliphatic rings. The summed E-state index contributed by atoms with van der Waals surface area (Å²) in [6.45, 7) is 1.86. The second-order valence-electron chi connectivity index (χ2n) is 4.70. The molecule has 0 radical (unpaired) electrons. The lowest BCUT2D eigenvalue weighted by molar-refractivity contribution is 0.0188. The predicted octanol–water partition coefficient (Wildman–Crippen LogP) is 2.77. The second-order valence-corrected chi connectivity index (χ2v) is 4.70. The molecule has 0 fully saturated rings. The first-order valence-electron chi connectivity index (χ1n) is 6.24. The maximum absolute atomic E-state index is 13.2.